The Hall–Kier alpha value is -2.11. The van der Waals surface area contributed by atoms with E-state index in [9.17, 15) is 0 Å². The molecule has 5 nitrogen and oxygen atoms in total. The van der Waals surface area contributed by atoms with Gasteiger partial charge >= 0.3 is 0 Å². The number of fused-ring (bicyclic) bond motifs is 1. The van der Waals surface area contributed by atoms with Crippen LogP contribution in [0.25, 0.3) is 22.2 Å². The number of aromatic amines is 1. The van der Waals surface area contributed by atoms with Crippen LogP contribution in [0.5, 0.6) is 0 Å². The average Bonchev–Trinajstić information content (AvgIpc) is 3.09. The Labute approximate surface area is 170 Å². The van der Waals surface area contributed by atoms with Gasteiger partial charge in [-0.15, -0.1) is 0 Å². The standard InChI is InChI=1S/C22H26ClN5/c23-20-10-14(19-13-25-22-18(19)8-3-9-24-22)11-21(28-20)27-17-7-2-6-16(12-17)26-15-4-1-5-15/h3,8-11,13,15-17,26H,1-2,4-7,12H2,(H,24,25)(H,27,28). The Morgan fingerprint density at radius 1 is 1.04 bits per heavy atom. The van der Waals surface area contributed by atoms with Gasteiger partial charge in [0.2, 0.25) is 0 Å². The van der Waals surface area contributed by atoms with Gasteiger partial charge in [0.1, 0.15) is 16.6 Å². The molecule has 6 heteroatoms. The Morgan fingerprint density at radius 3 is 2.71 bits per heavy atom. The van der Waals surface area contributed by atoms with Crippen LogP contribution in [0.15, 0.2) is 36.7 Å². The second-order valence-corrected chi connectivity index (χ2v) is 8.55. The molecule has 5 rings (SSSR count). The quantitative estimate of drug-likeness (QED) is 0.523. The average molecular weight is 396 g/mol. The van der Waals surface area contributed by atoms with Gasteiger partial charge in [-0.2, -0.15) is 0 Å². The minimum atomic E-state index is 0.440. The van der Waals surface area contributed by atoms with Crippen LogP contribution in [0, 0.1) is 0 Å². The largest absolute Gasteiger partial charge is 0.367 e. The maximum Gasteiger partial charge on any atom is 0.137 e. The van der Waals surface area contributed by atoms with Gasteiger partial charge in [-0.05, 0) is 68.4 Å². The van der Waals surface area contributed by atoms with Crippen LogP contribution >= 0.6 is 11.6 Å². The summed E-state index contributed by atoms with van der Waals surface area (Å²) < 4.78 is 0. The topological polar surface area (TPSA) is 65.6 Å². The number of H-pyrrole nitrogens is 1. The summed E-state index contributed by atoms with van der Waals surface area (Å²) in [4.78, 5) is 12.2. The molecule has 2 aliphatic carbocycles. The number of aromatic nitrogens is 3. The van der Waals surface area contributed by atoms with Crippen molar-refractivity contribution in [2.45, 2.75) is 63.1 Å². The van der Waals surface area contributed by atoms with E-state index in [4.69, 9.17) is 11.6 Å². The summed E-state index contributed by atoms with van der Waals surface area (Å²) in [5, 5.41) is 9.10. The van der Waals surface area contributed by atoms with Crippen molar-refractivity contribution >= 4 is 28.5 Å². The van der Waals surface area contributed by atoms with Gasteiger partial charge in [-0.3, -0.25) is 0 Å². The lowest BCUT2D eigenvalue weighted by atomic mass is 9.87. The van der Waals surface area contributed by atoms with Gasteiger partial charge < -0.3 is 15.6 Å². The fourth-order valence-electron chi connectivity index (χ4n) is 4.51. The molecule has 146 valence electrons. The van der Waals surface area contributed by atoms with Gasteiger partial charge in [-0.1, -0.05) is 18.0 Å². The molecule has 0 aliphatic heterocycles. The molecule has 2 aliphatic rings. The first kappa shape index (κ1) is 18.0. The van der Waals surface area contributed by atoms with E-state index in [1.165, 1.54) is 38.5 Å². The van der Waals surface area contributed by atoms with Crippen molar-refractivity contribution in [3.8, 4) is 11.1 Å². The lowest BCUT2D eigenvalue weighted by Gasteiger charge is -2.36. The number of rotatable bonds is 5. The molecular formula is C22H26ClN5. The van der Waals surface area contributed by atoms with E-state index in [-0.39, 0.29) is 0 Å². The number of halogens is 1. The molecule has 0 saturated heterocycles. The number of hydrogen-bond acceptors (Lipinski definition) is 4. The molecule has 28 heavy (non-hydrogen) atoms. The van der Waals surface area contributed by atoms with Crippen molar-refractivity contribution in [1.29, 1.82) is 0 Å². The van der Waals surface area contributed by atoms with Crippen molar-refractivity contribution in [3.63, 3.8) is 0 Å². The molecule has 0 radical (unpaired) electrons. The van der Waals surface area contributed by atoms with Crippen LogP contribution < -0.4 is 10.6 Å². The maximum atomic E-state index is 6.37. The first-order valence-corrected chi connectivity index (χ1v) is 10.7. The highest BCUT2D eigenvalue weighted by Crippen LogP contribution is 2.32. The molecule has 3 N–H and O–H groups in total. The normalized spacial score (nSPS) is 22.9. The Bertz CT molecular complexity index is 964. The smallest absolute Gasteiger partial charge is 0.137 e. The third-order valence-electron chi connectivity index (χ3n) is 6.16. The SMILES string of the molecule is Clc1cc(-c2c[nH]c3ncccc23)cc(NC2CCCC(NC3CCC3)C2)n1. The highest BCUT2D eigenvalue weighted by atomic mass is 35.5. The van der Waals surface area contributed by atoms with E-state index in [1.807, 2.05) is 18.3 Å². The van der Waals surface area contributed by atoms with Gasteiger partial charge in [0, 0.05) is 41.5 Å². The zero-order valence-electron chi connectivity index (χ0n) is 15.9. The van der Waals surface area contributed by atoms with Gasteiger partial charge in [0.05, 0.1) is 0 Å². The number of hydrogen-bond donors (Lipinski definition) is 3. The lowest BCUT2D eigenvalue weighted by molar-refractivity contribution is 0.259. The summed E-state index contributed by atoms with van der Waals surface area (Å²) in [6, 6.07) is 9.86. The van der Waals surface area contributed by atoms with Crippen molar-refractivity contribution < 1.29 is 0 Å². The molecule has 0 aromatic carbocycles. The third kappa shape index (κ3) is 3.74. The summed E-state index contributed by atoms with van der Waals surface area (Å²) in [6.45, 7) is 0. The van der Waals surface area contributed by atoms with Crippen LogP contribution in [0.1, 0.15) is 44.9 Å². The fourth-order valence-corrected chi connectivity index (χ4v) is 4.72. The van der Waals surface area contributed by atoms with Crippen LogP contribution in [0.2, 0.25) is 5.15 Å². The number of anilines is 1. The minimum Gasteiger partial charge on any atom is -0.367 e. The Morgan fingerprint density at radius 2 is 1.86 bits per heavy atom. The van der Waals surface area contributed by atoms with Gasteiger partial charge in [0.15, 0.2) is 0 Å². The van der Waals surface area contributed by atoms with E-state index < -0.39 is 0 Å². The van der Waals surface area contributed by atoms with Crippen molar-refractivity contribution in [2.24, 2.45) is 0 Å². The molecule has 3 aromatic rings. The highest BCUT2D eigenvalue weighted by Gasteiger charge is 2.26. The van der Waals surface area contributed by atoms with E-state index in [0.717, 1.165) is 40.4 Å². The predicted molar refractivity (Wildman–Crippen MR) is 115 cm³/mol. The zero-order chi connectivity index (χ0) is 18.9. The van der Waals surface area contributed by atoms with Crippen LogP contribution in [0.4, 0.5) is 5.82 Å². The van der Waals surface area contributed by atoms with E-state index in [2.05, 4.69) is 37.7 Å². The number of nitrogens with zero attached hydrogens (tertiary/aromatic N) is 2. The molecule has 0 bridgehead atoms. The first-order chi connectivity index (χ1) is 13.7. The first-order valence-electron chi connectivity index (χ1n) is 10.4. The fraction of sp³-hybridized carbons (Fsp3) is 0.455. The summed E-state index contributed by atoms with van der Waals surface area (Å²) in [6.07, 6.45) is 12.7. The molecule has 2 saturated carbocycles. The summed E-state index contributed by atoms with van der Waals surface area (Å²) in [5.41, 5.74) is 3.04. The second kappa shape index (κ2) is 7.72. The second-order valence-electron chi connectivity index (χ2n) is 8.16. The minimum absolute atomic E-state index is 0.440. The molecule has 3 heterocycles. The molecule has 2 unspecified atom stereocenters. The van der Waals surface area contributed by atoms with Crippen molar-refractivity contribution in [2.75, 3.05) is 5.32 Å². The van der Waals surface area contributed by atoms with Crippen molar-refractivity contribution in [3.05, 3.63) is 41.8 Å². The molecule has 2 atom stereocenters. The van der Waals surface area contributed by atoms with E-state index >= 15 is 0 Å². The summed E-state index contributed by atoms with van der Waals surface area (Å²) >= 11 is 6.37. The molecule has 2 fully saturated rings. The number of pyridine rings is 2. The van der Waals surface area contributed by atoms with Gasteiger partial charge in [-0.25, -0.2) is 9.97 Å². The monoisotopic (exact) mass is 395 g/mol. The van der Waals surface area contributed by atoms with Gasteiger partial charge in [0.25, 0.3) is 0 Å². The Balaban J connectivity index is 1.34. The van der Waals surface area contributed by atoms with Crippen LogP contribution in [-0.2, 0) is 0 Å². The van der Waals surface area contributed by atoms with Crippen molar-refractivity contribution in [1.82, 2.24) is 20.3 Å². The van der Waals surface area contributed by atoms with E-state index in [0.29, 0.717) is 17.2 Å². The molecular weight excluding hydrogens is 370 g/mol. The van der Waals surface area contributed by atoms with Crippen LogP contribution in [0.3, 0.4) is 0 Å². The Kier molecular flexibility index (Phi) is 4.95. The number of nitrogens with one attached hydrogen (secondary N) is 3. The molecule has 3 aromatic heterocycles. The molecule has 0 amide bonds. The zero-order valence-corrected chi connectivity index (χ0v) is 16.7. The maximum absolute atomic E-state index is 6.37. The lowest BCUT2D eigenvalue weighted by Crippen LogP contribution is -2.46. The summed E-state index contributed by atoms with van der Waals surface area (Å²) in [7, 11) is 0. The summed E-state index contributed by atoms with van der Waals surface area (Å²) in [5.74, 6) is 0.857. The van der Waals surface area contributed by atoms with Crippen LogP contribution in [-0.4, -0.2) is 33.1 Å². The third-order valence-corrected chi connectivity index (χ3v) is 6.35. The highest BCUT2D eigenvalue weighted by molar-refractivity contribution is 6.29. The van der Waals surface area contributed by atoms with E-state index in [1.54, 1.807) is 6.20 Å². The predicted octanol–water partition coefficient (Wildman–Crippen LogP) is 5.14. The molecule has 0 spiro atoms.